The number of aromatic nitrogens is 1. The number of halogens is 1. The van der Waals surface area contributed by atoms with Crippen molar-refractivity contribution in [1.82, 2.24) is 9.47 Å². The lowest BCUT2D eigenvalue weighted by Gasteiger charge is -2.12. The molecule has 4 aromatic rings. The lowest BCUT2D eigenvalue weighted by Crippen LogP contribution is -2.22. The van der Waals surface area contributed by atoms with Crippen molar-refractivity contribution in [3.63, 3.8) is 0 Å². The molecule has 1 aliphatic rings. The van der Waals surface area contributed by atoms with Crippen molar-refractivity contribution in [1.29, 1.82) is 0 Å². The van der Waals surface area contributed by atoms with Gasteiger partial charge in [-0.15, -0.1) is 0 Å². The van der Waals surface area contributed by atoms with Crippen LogP contribution in [0, 0.1) is 5.82 Å². The average Bonchev–Trinajstić information content (AvgIpc) is 3.27. The number of hydrogen-bond donors (Lipinski definition) is 2. The van der Waals surface area contributed by atoms with Gasteiger partial charge < -0.3 is 10.8 Å². The summed E-state index contributed by atoms with van der Waals surface area (Å²) < 4.78 is 16.6. The number of rotatable bonds is 1. The molecule has 0 bridgehead atoms. The molecule has 0 atom stereocenters. The second-order valence-corrected chi connectivity index (χ2v) is 7.09. The van der Waals surface area contributed by atoms with E-state index in [-0.39, 0.29) is 13.1 Å². The predicted octanol–water partition coefficient (Wildman–Crippen LogP) is 4.52. The van der Waals surface area contributed by atoms with Crippen LogP contribution in [0.5, 0.6) is 0 Å². The number of para-hydroxylation sites is 1. The van der Waals surface area contributed by atoms with Crippen molar-refractivity contribution < 1.29 is 19.1 Å². The highest BCUT2D eigenvalue weighted by atomic mass is 19.1. The minimum absolute atomic E-state index is 0.186. The molecule has 2 amide bonds. The summed E-state index contributed by atoms with van der Waals surface area (Å²) in [5.41, 5.74) is 9.33. The van der Waals surface area contributed by atoms with Crippen LogP contribution in [0.4, 0.5) is 14.0 Å². The SMILES string of the molecule is NC(=O)n1c2ccccc2c2c(-c3cccc4c3CN(C(=O)O)C4)c(F)ccc21. The lowest BCUT2D eigenvalue weighted by atomic mass is 9.93. The molecular formula is C22H16FN3O3. The molecule has 144 valence electrons. The fraction of sp³-hybridized carbons (Fsp3) is 0.0909. The van der Waals surface area contributed by atoms with E-state index in [0.29, 0.717) is 32.9 Å². The Labute approximate surface area is 164 Å². The third-order valence-corrected chi connectivity index (χ3v) is 5.53. The minimum atomic E-state index is -1.02. The molecule has 2 heterocycles. The molecule has 29 heavy (non-hydrogen) atoms. The highest BCUT2D eigenvalue weighted by Gasteiger charge is 2.28. The Morgan fingerprint density at radius 2 is 1.76 bits per heavy atom. The zero-order chi connectivity index (χ0) is 20.3. The van der Waals surface area contributed by atoms with Crippen molar-refractivity contribution in [3.8, 4) is 11.1 Å². The number of primary amides is 1. The summed E-state index contributed by atoms with van der Waals surface area (Å²) in [5.74, 6) is -0.438. The Kier molecular flexibility index (Phi) is 3.61. The van der Waals surface area contributed by atoms with Gasteiger partial charge >= 0.3 is 12.1 Å². The molecule has 5 rings (SSSR count). The maximum Gasteiger partial charge on any atom is 0.407 e. The average molecular weight is 389 g/mol. The summed E-state index contributed by atoms with van der Waals surface area (Å²) in [6.45, 7) is 0.449. The smallest absolute Gasteiger partial charge is 0.407 e. The van der Waals surface area contributed by atoms with Gasteiger partial charge in [0.25, 0.3) is 0 Å². The van der Waals surface area contributed by atoms with Gasteiger partial charge in [0.1, 0.15) is 5.82 Å². The number of carbonyl (C=O) groups is 2. The summed E-state index contributed by atoms with van der Waals surface area (Å²) in [5, 5.41) is 10.7. The second-order valence-electron chi connectivity index (χ2n) is 7.09. The van der Waals surface area contributed by atoms with Gasteiger partial charge in [-0.05, 0) is 34.9 Å². The van der Waals surface area contributed by atoms with E-state index in [1.54, 1.807) is 30.3 Å². The second kappa shape index (κ2) is 6.07. The van der Waals surface area contributed by atoms with E-state index in [9.17, 15) is 14.7 Å². The van der Waals surface area contributed by atoms with Crippen molar-refractivity contribution in [2.75, 3.05) is 0 Å². The van der Waals surface area contributed by atoms with Gasteiger partial charge in [-0.2, -0.15) is 0 Å². The Balaban J connectivity index is 1.89. The number of carbonyl (C=O) groups excluding carboxylic acids is 1. The fourth-order valence-corrected chi connectivity index (χ4v) is 4.33. The summed E-state index contributed by atoms with van der Waals surface area (Å²) in [4.78, 5) is 24.9. The highest BCUT2D eigenvalue weighted by Crippen LogP contribution is 2.41. The summed E-state index contributed by atoms with van der Waals surface area (Å²) >= 11 is 0. The van der Waals surface area contributed by atoms with Crippen molar-refractivity contribution >= 4 is 33.9 Å². The fourth-order valence-electron chi connectivity index (χ4n) is 4.33. The molecule has 1 aliphatic heterocycles. The summed E-state index contributed by atoms with van der Waals surface area (Å²) in [7, 11) is 0. The molecule has 0 unspecified atom stereocenters. The lowest BCUT2D eigenvalue weighted by molar-refractivity contribution is 0.145. The number of fused-ring (bicyclic) bond motifs is 4. The number of nitrogens with zero attached hydrogens (tertiary/aromatic N) is 2. The normalized spacial score (nSPS) is 13.2. The summed E-state index contributed by atoms with van der Waals surface area (Å²) in [6.07, 6.45) is -1.02. The first-order valence-corrected chi connectivity index (χ1v) is 9.08. The first-order valence-electron chi connectivity index (χ1n) is 9.08. The van der Waals surface area contributed by atoms with Crippen LogP contribution in [0.25, 0.3) is 32.9 Å². The number of amides is 2. The van der Waals surface area contributed by atoms with Gasteiger partial charge in [-0.1, -0.05) is 36.4 Å². The van der Waals surface area contributed by atoms with Gasteiger partial charge in [0.15, 0.2) is 0 Å². The van der Waals surface area contributed by atoms with E-state index in [0.717, 1.165) is 11.1 Å². The van der Waals surface area contributed by atoms with E-state index < -0.39 is 17.9 Å². The van der Waals surface area contributed by atoms with E-state index in [2.05, 4.69) is 0 Å². The van der Waals surface area contributed by atoms with Gasteiger partial charge in [0.2, 0.25) is 0 Å². The Morgan fingerprint density at radius 3 is 2.52 bits per heavy atom. The zero-order valence-electron chi connectivity index (χ0n) is 15.2. The predicted molar refractivity (Wildman–Crippen MR) is 107 cm³/mol. The standard InChI is InChI=1S/C22H16FN3O3/c23-16-8-9-18-20(14-5-1-2-7-17(14)26(18)21(24)27)19(16)13-6-3-4-12-10-25(22(28)29)11-15(12)13/h1-9H,10-11H2,(H2,24,27)(H,28,29). The monoisotopic (exact) mass is 389 g/mol. The molecule has 7 heteroatoms. The summed E-state index contributed by atoms with van der Waals surface area (Å²) in [6, 6.07) is 14.9. The molecule has 3 N–H and O–H groups in total. The van der Waals surface area contributed by atoms with Crippen LogP contribution in [0.2, 0.25) is 0 Å². The van der Waals surface area contributed by atoms with Gasteiger partial charge in [-0.3, -0.25) is 9.47 Å². The molecule has 0 radical (unpaired) electrons. The van der Waals surface area contributed by atoms with Crippen LogP contribution < -0.4 is 5.73 Å². The molecule has 0 saturated heterocycles. The Hall–Kier alpha value is -3.87. The Morgan fingerprint density at radius 1 is 0.966 bits per heavy atom. The van der Waals surface area contributed by atoms with Crippen molar-refractivity contribution in [2.24, 2.45) is 5.73 Å². The third kappa shape index (κ3) is 2.40. The molecule has 1 aromatic heterocycles. The highest BCUT2D eigenvalue weighted by molar-refractivity contribution is 6.18. The number of hydrogen-bond acceptors (Lipinski definition) is 2. The largest absolute Gasteiger partial charge is 0.465 e. The molecule has 3 aromatic carbocycles. The molecular weight excluding hydrogens is 373 g/mol. The quantitative estimate of drug-likeness (QED) is 0.502. The maximum atomic E-state index is 15.2. The molecule has 6 nitrogen and oxygen atoms in total. The van der Waals surface area contributed by atoms with Crippen LogP contribution in [0.15, 0.2) is 54.6 Å². The van der Waals surface area contributed by atoms with Crippen LogP contribution in [-0.4, -0.2) is 26.7 Å². The van der Waals surface area contributed by atoms with E-state index in [1.165, 1.54) is 15.5 Å². The molecule has 0 fully saturated rings. The number of benzene rings is 3. The number of nitrogens with two attached hydrogens (primary N) is 1. The van der Waals surface area contributed by atoms with Crippen molar-refractivity contribution in [2.45, 2.75) is 13.1 Å². The first kappa shape index (κ1) is 17.2. The maximum absolute atomic E-state index is 15.2. The minimum Gasteiger partial charge on any atom is -0.465 e. The molecule has 0 saturated carbocycles. The molecule has 0 spiro atoms. The van der Waals surface area contributed by atoms with Gasteiger partial charge in [-0.25, -0.2) is 14.0 Å². The zero-order valence-corrected chi connectivity index (χ0v) is 15.2. The topological polar surface area (TPSA) is 88.6 Å². The Bertz CT molecular complexity index is 1340. The van der Waals surface area contributed by atoms with E-state index >= 15 is 4.39 Å². The van der Waals surface area contributed by atoms with E-state index in [4.69, 9.17) is 5.73 Å². The van der Waals surface area contributed by atoms with Crippen LogP contribution in [0.3, 0.4) is 0 Å². The van der Waals surface area contributed by atoms with E-state index in [1.807, 2.05) is 18.2 Å². The van der Waals surface area contributed by atoms with Crippen LogP contribution in [-0.2, 0) is 13.1 Å². The van der Waals surface area contributed by atoms with Gasteiger partial charge in [0.05, 0.1) is 17.6 Å². The first-order chi connectivity index (χ1) is 14.0. The van der Waals surface area contributed by atoms with Crippen LogP contribution in [0.1, 0.15) is 11.1 Å². The molecule has 0 aliphatic carbocycles. The van der Waals surface area contributed by atoms with Crippen molar-refractivity contribution in [3.05, 3.63) is 71.5 Å². The van der Waals surface area contributed by atoms with Gasteiger partial charge in [0, 0.05) is 22.9 Å². The third-order valence-electron chi connectivity index (χ3n) is 5.53. The van der Waals surface area contributed by atoms with Crippen LogP contribution >= 0.6 is 0 Å². The number of carboxylic acid groups (broad SMARTS) is 1.